The number of aromatic nitrogens is 2. The van der Waals surface area contributed by atoms with Crippen LogP contribution in [0.2, 0.25) is 0 Å². The Hall–Kier alpha value is -8.81. The summed E-state index contributed by atoms with van der Waals surface area (Å²) in [6, 6.07) is 38.0. The van der Waals surface area contributed by atoms with Crippen molar-refractivity contribution < 1.29 is 66.0 Å². The van der Waals surface area contributed by atoms with E-state index in [0.717, 1.165) is 40.2 Å². The Morgan fingerprint density at radius 3 is 1.17 bits per heavy atom. The van der Waals surface area contributed by atoms with Crippen molar-refractivity contribution in [2.24, 2.45) is 11.1 Å². The molecule has 104 heavy (non-hydrogen) atoms. The molecule has 9 N–H and O–H groups in total. The van der Waals surface area contributed by atoms with Crippen molar-refractivity contribution in [3.8, 4) is 0 Å². The molecule has 0 unspecified atom stereocenters. The summed E-state index contributed by atoms with van der Waals surface area (Å²) in [4.78, 5) is 76.5. The Kier molecular flexibility index (Phi) is 38.4. The molecule has 6 aromatic rings. The molecule has 576 valence electrons. The van der Waals surface area contributed by atoms with Crippen LogP contribution in [0.3, 0.4) is 0 Å². The highest BCUT2D eigenvalue weighted by atomic mass is 32.2. The molecular weight excluding hydrogens is 1340 g/mol. The first kappa shape index (κ1) is 93.2. The van der Waals surface area contributed by atoms with E-state index in [0.29, 0.717) is 38.3 Å². The summed E-state index contributed by atoms with van der Waals surface area (Å²) in [5, 5.41) is 21.9. The van der Waals surface area contributed by atoms with Crippen molar-refractivity contribution >= 4 is 74.7 Å². The van der Waals surface area contributed by atoms with Crippen LogP contribution in [0.5, 0.6) is 0 Å². The van der Waals surface area contributed by atoms with Gasteiger partial charge in [0, 0.05) is 62.8 Å². The maximum atomic E-state index is 12.0. The highest BCUT2D eigenvalue weighted by Gasteiger charge is 2.55. The van der Waals surface area contributed by atoms with E-state index in [1.165, 1.54) is 23.6 Å². The third kappa shape index (κ3) is 35.6. The maximum Gasteiger partial charge on any atom is 0.414 e. The topological polar surface area (TPSA) is 327 Å². The standard InChI is InChI=1S/C15H20N2O2.2C14H21NO3.C12H19N3O2.C12H19NO3S.C12H17NO.CH4/c1-14(2,3)10-4-6-11(7-5-10)17-13(19)15(8-9-15)12(16)18;1-14(2,3)11-5-7-12(8-6-11)15-13(16)18-10-9-17-4;1-14(2,3)11-6-5-7-12(10-11)15-13(16)18-9-8-17-4;1-5-6-17-11(16)15-10-13-7-9(8-14-10)12(2,3)4;1-12(2,3)10-4-6-11(7-5-10)17(15,16)13-8-9-14;1-9(14)13-11-7-5-10(6-8-11)12(2,3)4;/h4-7H,8-9H2,1-3H3,(H2,16,18)(H,17,19);5-8H,9-10H2,1-4H3,(H,15,16);5-7,10H,8-9H2,1-4H3,(H,15,16);7-8H,5-6H2,1-4H3,(H,13,14,15,16);4-7,13-14H,8-9H2,1-3H3;5-8H,1-4H3,(H,13,14);1H4. The summed E-state index contributed by atoms with van der Waals surface area (Å²) in [5.41, 5.74) is 14.7. The number of sulfonamides is 1. The summed E-state index contributed by atoms with van der Waals surface area (Å²) in [7, 11) is -0.369. The monoisotopic (exact) mass is 1460 g/mol. The Morgan fingerprint density at radius 2 is 0.827 bits per heavy atom. The molecule has 0 spiro atoms. The van der Waals surface area contributed by atoms with E-state index in [4.69, 9.17) is 34.5 Å². The van der Waals surface area contributed by atoms with Gasteiger partial charge < -0.3 is 45.2 Å². The number of nitrogens with two attached hydrogens (primary N) is 1. The van der Waals surface area contributed by atoms with Crippen LogP contribution < -0.4 is 37.0 Å². The number of hydrogen-bond donors (Lipinski definition) is 8. The van der Waals surface area contributed by atoms with Gasteiger partial charge >= 0.3 is 18.3 Å². The van der Waals surface area contributed by atoms with Gasteiger partial charge in [0.2, 0.25) is 33.7 Å². The van der Waals surface area contributed by atoms with E-state index in [-0.39, 0.29) is 88.9 Å². The molecule has 7 rings (SSSR count). The van der Waals surface area contributed by atoms with Crippen LogP contribution in [0.4, 0.5) is 43.1 Å². The van der Waals surface area contributed by atoms with E-state index in [9.17, 15) is 37.2 Å². The van der Waals surface area contributed by atoms with Crippen LogP contribution in [0.1, 0.15) is 199 Å². The molecule has 0 aliphatic heterocycles. The van der Waals surface area contributed by atoms with Crippen molar-refractivity contribution in [3.63, 3.8) is 0 Å². The molecule has 1 aliphatic carbocycles. The number of primary amides is 1. The molecule has 1 aliphatic rings. The van der Waals surface area contributed by atoms with Gasteiger partial charge in [-0.15, -0.1) is 0 Å². The summed E-state index contributed by atoms with van der Waals surface area (Å²) < 4.78 is 50.1. The normalized spacial score (nSPS) is 12.3. The smallest absolute Gasteiger partial charge is 0.414 e. The van der Waals surface area contributed by atoms with Gasteiger partial charge in [-0.1, -0.05) is 200 Å². The highest BCUT2D eigenvalue weighted by molar-refractivity contribution is 7.89. The molecule has 23 nitrogen and oxygen atoms in total. The van der Waals surface area contributed by atoms with E-state index in [1.807, 2.05) is 116 Å². The summed E-state index contributed by atoms with van der Waals surface area (Å²) in [6.45, 7) is 43.1. The first-order valence-electron chi connectivity index (χ1n) is 34.4. The van der Waals surface area contributed by atoms with E-state index in [2.05, 4.69) is 166 Å². The maximum absolute atomic E-state index is 12.0. The number of ether oxygens (including phenoxy) is 5. The zero-order valence-electron chi connectivity index (χ0n) is 64.9. The number of rotatable bonds is 19. The lowest BCUT2D eigenvalue weighted by molar-refractivity contribution is -0.132. The predicted molar refractivity (Wildman–Crippen MR) is 418 cm³/mol. The van der Waals surface area contributed by atoms with Gasteiger partial charge in [0.25, 0.3) is 0 Å². The average Bonchev–Trinajstić information content (AvgIpc) is 1.62. The zero-order valence-corrected chi connectivity index (χ0v) is 65.7. The molecule has 5 aromatic carbocycles. The lowest BCUT2D eigenvalue weighted by Crippen LogP contribution is -2.36. The first-order valence-corrected chi connectivity index (χ1v) is 35.8. The number of amides is 6. The Balaban J connectivity index is 0.000000624. The van der Waals surface area contributed by atoms with Crippen molar-refractivity contribution in [3.05, 3.63) is 167 Å². The minimum Gasteiger partial charge on any atom is -0.449 e. The highest BCUT2D eigenvalue weighted by Crippen LogP contribution is 2.46. The number of nitrogens with zero attached hydrogens (tertiary/aromatic N) is 2. The second-order valence-corrected chi connectivity index (χ2v) is 32.4. The van der Waals surface area contributed by atoms with Crippen LogP contribution in [0.25, 0.3) is 0 Å². The number of nitrogens with one attached hydrogen (secondary N) is 6. The van der Waals surface area contributed by atoms with Crippen molar-refractivity contribution in [2.45, 2.75) is 203 Å². The fourth-order valence-corrected chi connectivity index (χ4v) is 9.65. The molecule has 1 aromatic heterocycles. The minimum absolute atomic E-state index is 0. The molecule has 1 saturated carbocycles. The Bertz CT molecular complexity index is 3690. The number of anilines is 5. The number of methoxy groups -OCH3 is 2. The largest absolute Gasteiger partial charge is 0.449 e. The predicted octanol–water partition coefficient (Wildman–Crippen LogP) is 16.1. The van der Waals surface area contributed by atoms with E-state index >= 15 is 0 Å². The first-order chi connectivity index (χ1) is 47.7. The number of benzene rings is 5. The fourth-order valence-electron chi connectivity index (χ4n) is 8.63. The van der Waals surface area contributed by atoms with Gasteiger partial charge in [-0.25, -0.2) is 37.5 Å². The molecule has 0 atom stereocenters. The lowest BCUT2D eigenvalue weighted by atomic mass is 9.87. The number of aliphatic hydroxyl groups is 1. The van der Waals surface area contributed by atoms with Gasteiger partial charge in [0.1, 0.15) is 18.6 Å². The molecule has 1 heterocycles. The molecule has 24 heteroatoms. The van der Waals surface area contributed by atoms with Gasteiger partial charge in [-0.3, -0.25) is 30.3 Å². The Morgan fingerprint density at radius 1 is 0.471 bits per heavy atom. The molecule has 6 amide bonds. The minimum atomic E-state index is -3.49. The fraction of sp³-hybridized carbons (Fsp3) is 0.500. The SMILES string of the molecule is C.CC(=O)Nc1ccc(C(C)(C)C)cc1.CC(C)(C)c1ccc(NC(=O)C2(C(N)=O)CC2)cc1.CC(C)(C)c1ccc(S(=O)(=O)NCCO)cc1.CCCOC(=O)Nc1ncc(C(C)(C)C)cn1.COCCOC(=O)Nc1ccc(C(C)(C)C)cc1.COCCOC(=O)Nc1cccc(C(C)(C)C)c1. The van der Waals surface area contributed by atoms with Gasteiger partial charge in [0.15, 0.2) is 0 Å². The number of hydrogen-bond acceptors (Lipinski definition) is 16. The second-order valence-electron chi connectivity index (χ2n) is 30.6. The van der Waals surface area contributed by atoms with Crippen molar-refractivity contribution in [1.29, 1.82) is 0 Å². The zero-order chi connectivity index (χ0) is 78.2. The third-order valence-electron chi connectivity index (χ3n) is 15.4. The van der Waals surface area contributed by atoms with Crippen LogP contribution in [-0.2, 0) is 80.6 Å². The molecule has 0 bridgehead atoms. The number of carbonyl (C=O) groups excluding carboxylic acids is 6. The van der Waals surface area contributed by atoms with Crippen LogP contribution in [-0.4, -0.2) is 120 Å². The van der Waals surface area contributed by atoms with Gasteiger partial charge in [0.05, 0.1) is 31.3 Å². The molecule has 0 radical (unpaired) electrons. The summed E-state index contributed by atoms with van der Waals surface area (Å²) in [6.07, 6.45) is 3.87. The quantitative estimate of drug-likeness (QED) is 0.0212. The van der Waals surface area contributed by atoms with Gasteiger partial charge in [-0.05, 0) is 146 Å². The summed E-state index contributed by atoms with van der Waals surface area (Å²) >= 11 is 0. The summed E-state index contributed by atoms with van der Waals surface area (Å²) in [5.74, 6) is -0.590. The van der Waals surface area contributed by atoms with E-state index < -0.39 is 39.6 Å². The molecule has 1 fully saturated rings. The second kappa shape index (κ2) is 42.8. The van der Waals surface area contributed by atoms with E-state index in [1.54, 1.807) is 38.7 Å². The van der Waals surface area contributed by atoms with Crippen LogP contribution in [0.15, 0.2) is 139 Å². The molecular formula is C80H121N9O14S. The average molecular weight is 1460 g/mol. The number of aliphatic hydroxyl groups excluding tert-OH is 1. The lowest BCUT2D eigenvalue weighted by Gasteiger charge is -2.19. The Labute approximate surface area is 620 Å². The number of carbonyl (C=O) groups is 6. The third-order valence-corrected chi connectivity index (χ3v) is 16.8. The van der Waals surface area contributed by atoms with Crippen LogP contribution in [0, 0.1) is 5.41 Å². The van der Waals surface area contributed by atoms with Crippen molar-refractivity contribution in [2.75, 3.05) is 87.0 Å². The van der Waals surface area contributed by atoms with Crippen LogP contribution >= 0.6 is 0 Å². The molecule has 0 saturated heterocycles. The van der Waals surface area contributed by atoms with Crippen molar-refractivity contribution in [1.82, 2.24) is 14.7 Å². The van der Waals surface area contributed by atoms with Gasteiger partial charge in [-0.2, -0.15) is 0 Å².